The van der Waals surface area contributed by atoms with E-state index in [1.54, 1.807) is 4.90 Å². The molecule has 16 heavy (non-hydrogen) atoms. The molecule has 1 saturated heterocycles. The SMILES string of the molecule is C#CCN[C@@H]1CCN(C(=O)OC(C)(C)C)C1. The number of amides is 1. The fourth-order valence-electron chi connectivity index (χ4n) is 1.62. The highest BCUT2D eigenvalue weighted by atomic mass is 16.6. The number of rotatable bonds is 2. The van der Waals surface area contributed by atoms with E-state index in [9.17, 15) is 4.79 Å². The van der Waals surface area contributed by atoms with Gasteiger partial charge in [-0.15, -0.1) is 6.42 Å². The monoisotopic (exact) mass is 224 g/mol. The molecular weight excluding hydrogens is 204 g/mol. The molecule has 90 valence electrons. The quantitative estimate of drug-likeness (QED) is 0.717. The zero-order chi connectivity index (χ0) is 12.2. The minimum Gasteiger partial charge on any atom is -0.444 e. The van der Waals surface area contributed by atoms with Gasteiger partial charge in [0.05, 0.1) is 6.54 Å². The van der Waals surface area contributed by atoms with Crippen molar-refractivity contribution in [2.24, 2.45) is 0 Å². The zero-order valence-corrected chi connectivity index (χ0v) is 10.2. The molecule has 0 radical (unpaired) electrons. The molecule has 0 unspecified atom stereocenters. The normalized spacial score (nSPS) is 20.6. The minimum atomic E-state index is -0.429. The van der Waals surface area contributed by atoms with Crippen LogP contribution in [0.2, 0.25) is 0 Å². The Balaban J connectivity index is 2.36. The standard InChI is InChI=1S/C12H20N2O2/c1-5-7-13-10-6-8-14(9-10)11(15)16-12(2,3)4/h1,10,13H,6-9H2,2-4H3/t10-/m1/s1. The number of carbonyl (C=O) groups excluding carboxylic acids is 1. The second-order valence-electron chi connectivity index (χ2n) is 5.00. The molecule has 4 heteroatoms. The highest BCUT2D eigenvalue weighted by Crippen LogP contribution is 2.14. The van der Waals surface area contributed by atoms with Gasteiger partial charge in [0.1, 0.15) is 5.60 Å². The molecule has 1 amide bonds. The first-order valence-electron chi connectivity index (χ1n) is 5.57. The number of nitrogens with one attached hydrogen (secondary N) is 1. The second-order valence-corrected chi connectivity index (χ2v) is 5.00. The van der Waals surface area contributed by atoms with Crippen molar-refractivity contribution in [3.8, 4) is 12.3 Å². The van der Waals surface area contributed by atoms with Gasteiger partial charge in [0.25, 0.3) is 0 Å². The van der Waals surface area contributed by atoms with Gasteiger partial charge in [-0.2, -0.15) is 0 Å². The third-order valence-corrected chi connectivity index (χ3v) is 2.33. The highest BCUT2D eigenvalue weighted by Gasteiger charge is 2.29. The van der Waals surface area contributed by atoms with Crippen molar-refractivity contribution >= 4 is 6.09 Å². The lowest BCUT2D eigenvalue weighted by molar-refractivity contribution is 0.0291. The minimum absolute atomic E-state index is 0.238. The molecule has 1 aliphatic rings. The van der Waals surface area contributed by atoms with Crippen molar-refractivity contribution in [1.82, 2.24) is 10.2 Å². The molecule has 0 aromatic carbocycles. The summed E-state index contributed by atoms with van der Waals surface area (Å²) in [5, 5.41) is 3.19. The summed E-state index contributed by atoms with van der Waals surface area (Å²) < 4.78 is 5.29. The maximum Gasteiger partial charge on any atom is 0.410 e. The molecule has 1 fully saturated rings. The first-order chi connectivity index (χ1) is 7.42. The largest absolute Gasteiger partial charge is 0.444 e. The van der Waals surface area contributed by atoms with Crippen LogP contribution >= 0.6 is 0 Å². The Hall–Kier alpha value is -1.21. The molecule has 1 aliphatic heterocycles. The van der Waals surface area contributed by atoms with Gasteiger partial charge >= 0.3 is 6.09 Å². The van der Waals surface area contributed by atoms with Crippen LogP contribution in [0.15, 0.2) is 0 Å². The van der Waals surface area contributed by atoms with Crippen molar-refractivity contribution in [2.75, 3.05) is 19.6 Å². The average Bonchev–Trinajstić information content (AvgIpc) is 2.60. The lowest BCUT2D eigenvalue weighted by atomic mass is 10.2. The van der Waals surface area contributed by atoms with Crippen LogP contribution in [0.25, 0.3) is 0 Å². The van der Waals surface area contributed by atoms with Crippen LogP contribution < -0.4 is 5.32 Å². The highest BCUT2D eigenvalue weighted by molar-refractivity contribution is 5.68. The van der Waals surface area contributed by atoms with Crippen LogP contribution in [-0.2, 0) is 4.74 Å². The molecule has 0 aliphatic carbocycles. The van der Waals surface area contributed by atoms with E-state index in [1.807, 2.05) is 20.8 Å². The third kappa shape index (κ3) is 4.11. The topological polar surface area (TPSA) is 41.6 Å². The summed E-state index contributed by atoms with van der Waals surface area (Å²) >= 11 is 0. The molecule has 0 aromatic heterocycles. The number of terminal acetylenes is 1. The van der Waals surface area contributed by atoms with E-state index in [2.05, 4.69) is 11.2 Å². The van der Waals surface area contributed by atoms with E-state index in [-0.39, 0.29) is 6.09 Å². The Morgan fingerprint density at radius 2 is 2.31 bits per heavy atom. The number of ether oxygens (including phenoxy) is 1. The van der Waals surface area contributed by atoms with Gasteiger partial charge in [-0.05, 0) is 27.2 Å². The van der Waals surface area contributed by atoms with Crippen LogP contribution in [0.4, 0.5) is 4.79 Å². The summed E-state index contributed by atoms with van der Waals surface area (Å²) in [5.41, 5.74) is -0.429. The molecule has 1 N–H and O–H groups in total. The van der Waals surface area contributed by atoms with E-state index >= 15 is 0 Å². The van der Waals surface area contributed by atoms with Gasteiger partial charge in [-0.25, -0.2) is 4.79 Å². The van der Waals surface area contributed by atoms with Crippen molar-refractivity contribution in [1.29, 1.82) is 0 Å². The summed E-state index contributed by atoms with van der Waals surface area (Å²) in [6.45, 7) is 7.57. The van der Waals surface area contributed by atoms with Crippen LogP contribution in [-0.4, -0.2) is 42.3 Å². The smallest absolute Gasteiger partial charge is 0.410 e. The molecule has 0 aromatic rings. The number of nitrogens with zero attached hydrogens (tertiary/aromatic N) is 1. The summed E-state index contributed by atoms with van der Waals surface area (Å²) in [4.78, 5) is 13.4. The Labute approximate surface area is 97.3 Å². The predicted octanol–water partition coefficient (Wildman–Crippen LogP) is 1.22. The molecule has 0 saturated carbocycles. The number of hydrogen-bond acceptors (Lipinski definition) is 3. The van der Waals surface area contributed by atoms with E-state index in [1.165, 1.54) is 0 Å². The van der Waals surface area contributed by atoms with Crippen LogP contribution in [0, 0.1) is 12.3 Å². The van der Waals surface area contributed by atoms with E-state index in [0.717, 1.165) is 13.0 Å². The summed E-state index contributed by atoms with van der Waals surface area (Å²) in [7, 11) is 0. The van der Waals surface area contributed by atoms with Crippen LogP contribution in [0.3, 0.4) is 0 Å². The molecule has 1 heterocycles. The first kappa shape index (κ1) is 12.9. The van der Waals surface area contributed by atoms with Crippen LogP contribution in [0.5, 0.6) is 0 Å². The Morgan fingerprint density at radius 1 is 1.62 bits per heavy atom. The number of carbonyl (C=O) groups is 1. The fraction of sp³-hybridized carbons (Fsp3) is 0.750. The average molecular weight is 224 g/mol. The van der Waals surface area contributed by atoms with Crippen molar-refractivity contribution in [3.05, 3.63) is 0 Å². The fourth-order valence-corrected chi connectivity index (χ4v) is 1.62. The molecular formula is C12H20N2O2. The van der Waals surface area contributed by atoms with Crippen molar-refractivity contribution in [2.45, 2.75) is 38.8 Å². The van der Waals surface area contributed by atoms with Crippen LogP contribution in [0.1, 0.15) is 27.2 Å². The van der Waals surface area contributed by atoms with E-state index in [4.69, 9.17) is 11.2 Å². The second kappa shape index (κ2) is 5.22. The van der Waals surface area contributed by atoms with Gasteiger partial charge in [0.15, 0.2) is 0 Å². The van der Waals surface area contributed by atoms with Gasteiger partial charge in [-0.3, -0.25) is 0 Å². The Kier molecular flexibility index (Phi) is 4.19. The van der Waals surface area contributed by atoms with Gasteiger partial charge < -0.3 is 15.0 Å². The molecule has 4 nitrogen and oxygen atoms in total. The Bertz CT molecular complexity index is 288. The van der Waals surface area contributed by atoms with E-state index < -0.39 is 5.60 Å². The summed E-state index contributed by atoms with van der Waals surface area (Å²) in [5.74, 6) is 2.53. The Morgan fingerprint density at radius 3 is 2.88 bits per heavy atom. The first-order valence-corrected chi connectivity index (χ1v) is 5.57. The van der Waals surface area contributed by atoms with Gasteiger partial charge in [-0.1, -0.05) is 5.92 Å². The lowest BCUT2D eigenvalue weighted by Crippen LogP contribution is -2.38. The summed E-state index contributed by atoms with van der Waals surface area (Å²) in [6, 6.07) is 0.295. The maximum absolute atomic E-state index is 11.7. The number of likely N-dealkylation sites (tertiary alicyclic amines) is 1. The lowest BCUT2D eigenvalue weighted by Gasteiger charge is -2.24. The van der Waals surface area contributed by atoms with Crippen molar-refractivity contribution < 1.29 is 9.53 Å². The maximum atomic E-state index is 11.7. The molecule has 1 rings (SSSR count). The molecule has 0 bridgehead atoms. The third-order valence-electron chi connectivity index (χ3n) is 2.33. The number of hydrogen-bond donors (Lipinski definition) is 1. The predicted molar refractivity (Wildman–Crippen MR) is 63.0 cm³/mol. The summed E-state index contributed by atoms with van der Waals surface area (Å²) in [6.07, 6.45) is 5.86. The van der Waals surface area contributed by atoms with Crippen molar-refractivity contribution in [3.63, 3.8) is 0 Å². The van der Waals surface area contributed by atoms with Gasteiger partial charge in [0, 0.05) is 19.1 Å². The van der Waals surface area contributed by atoms with Gasteiger partial charge in [0.2, 0.25) is 0 Å². The van der Waals surface area contributed by atoms with E-state index in [0.29, 0.717) is 19.1 Å². The molecule has 1 atom stereocenters. The molecule has 0 spiro atoms. The zero-order valence-electron chi connectivity index (χ0n) is 10.2.